The fraction of sp³-hybridized carbons (Fsp3) is 0.316. The number of carboxylic acids is 1. The minimum Gasteiger partial charge on any atom is -0.481 e. The first-order valence-electron chi connectivity index (χ1n) is 8.22. The third kappa shape index (κ3) is 2.51. The lowest BCUT2D eigenvalue weighted by Crippen LogP contribution is -2.60. The van der Waals surface area contributed by atoms with E-state index in [-0.39, 0.29) is 6.04 Å². The predicted octanol–water partition coefficient (Wildman–Crippen LogP) is 3.29. The third-order valence-electron chi connectivity index (χ3n) is 5.13. The Morgan fingerprint density at radius 1 is 1.04 bits per heavy atom. The van der Waals surface area contributed by atoms with Crippen LogP contribution in [-0.4, -0.2) is 36.8 Å². The number of hydrogen-bond donors (Lipinski definition) is 1. The van der Waals surface area contributed by atoms with Crippen LogP contribution in [0.15, 0.2) is 48.5 Å². The lowest BCUT2D eigenvalue weighted by Gasteiger charge is -2.49. The molecule has 2 heterocycles. The molecule has 0 aromatic heterocycles. The SMILES string of the molecule is O=C(O)C1Cc2ccccc2N2CCN(c3ccccc3Cl)CC12. The molecule has 2 atom stereocenters. The highest BCUT2D eigenvalue weighted by molar-refractivity contribution is 6.33. The molecule has 124 valence electrons. The molecule has 2 unspecified atom stereocenters. The highest BCUT2D eigenvalue weighted by Gasteiger charge is 2.41. The average Bonchev–Trinajstić information content (AvgIpc) is 2.61. The number of fused-ring (bicyclic) bond motifs is 3. The largest absolute Gasteiger partial charge is 0.481 e. The van der Waals surface area contributed by atoms with Crippen LogP contribution in [0.4, 0.5) is 11.4 Å². The normalized spacial score (nSPS) is 22.7. The quantitative estimate of drug-likeness (QED) is 0.909. The van der Waals surface area contributed by atoms with E-state index < -0.39 is 11.9 Å². The van der Waals surface area contributed by atoms with Gasteiger partial charge in [0.2, 0.25) is 0 Å². The number of rotatable bonds is 2. The summed E-state index contributed by atoms with van der Waals surface area (Å²) in [5.41, 5.74) is 3.30. The Balaban J connectivity index is 1.69. The average molecular weight is 343 g/mol. The monoisotopic (exact) mass is 342 g/mol. The van der Waals surface area contributed by atoms with E-state index in [0.29, 0.717) is 18.0 Å². The molecule has 4 nitrogen and oxygen atoms in total. The van der Waals surface area contributed by atoms with Gasteiger partial charge in [-0.25, -0.2) is 0 Å². The van der Waals surface area contributed by atoms with Crippen LogP contribution in [0.5, 0.6) is 0 Å². The summed E-state index contributed by atoms with van der Waals surface area (Å²) in [6.45, 7) is 2.31. The molecule has 4 rings (SSSR count). The first-order valence-corrected chi connectivity index (χ1v) is 8.60. The number of nitrogens with zero attached hydrogens (tertiary/aromatic N) is 2. The van der Waals surface area contributed by atoms with Gasteiger partial charge in [0, 0.05) is 25.3 Å². The topological polar surface area (TPSA) is 43.8 Å². The summed E-state index contributed by atoms with van der Waals surface area (Å²) in [5.74, 6) is -1.12. The summed E-state index contributed by atoms with van der Waals surface area (Å²) in [5, 5.41) is 10.5. The van der Waals surface area contributed by atoms with Crippen LogP contribution in [0.2, 0.25) is 5.02 Å². The summed E-state index contributed by atoms with van der Waals surface area (Å²) in [6.07, 6.45) is 0.586. The number of para-hydroxylation sites is 2. The van der Waals surface area contributed by atoms with Gasteiger partial charge < -0.3 is 14.9 Å². The van der Waals surface area contributed by atoms with Crippen molar-refractivity contribution in [2.45, 2.75) is 12.5 Å². The molecule has 0 saturated carbocycles. The van der Waals surface area contributed by atoms with Crippen molar-refractivity contribution < 1.29 is 9.90 Å². The number of carbonyl (C=O) groups is 1. The van der Waals surface area contributed by atoms with E-state index >= 15 is 0 Å². The van der Waals surface area contributed by atoms with E-state index in [1.165, 1.54) is 5.69 Å². The van der Waals surface area contributed by atoms with Crippen molar-refractivity contribution in [2.75, 3.05) is 29.4 Å². The third-order valence-corrected chi connectivity index (χ3v) is 5.45. The van der Waals surface area contributed by atoms with Gasteiger partial charge in [-0.2, -0.15) is 0 Å². The molecule has 1 N–H and O–H groups in total. The van der Waals surface area contributed by atoms with Gasteiger partial charge in [0.1, 0.15) is 0 Å². The molecule has 0 bridgehead atoms. The molecule has 1 saturated heterocycles. The van der Waals surface area contributed by atoms with E-state index in [1.54, 1.807) is 0 Å². The smallest absolute Gasteiger partial charge is 0.309 e. The number of piperazine rings is 1. The molecule has 0 amide bonds. The summed E-state index contributed by atoms with van der Waals surface area (Å²) >= 11 is 6.34. The number of aliphatic carboxylic acids is 1. The number of benzene rings is 2. The van der Waals surface area contributed by atoms with Gasteiger partial charge in [0.05, 0.1) is 22.7 Å². The fourth-order valence-electron chi connectivity index (χ4n) is 3.97. The lowest BCUT2D eigenvalue weighted by molar-refractivity contribution is -0.142. The molecule has 2 aromatic carbocycles. The Labute approximate surface area is 146 Å². The molecule has 2 aliphatic heterocycles. The van der Waals surface area contributed by atoms with Crippen molar-refractivity contribution in [3.63, 3.8) is 0 Å². The maximum atomic E-state index is 11.9. The summed E-state index contributed by atoms with van der Waals surface area (Å²) in [4.78, 5) is 16.3. The second-order valence-corrected chi connectivity index (χ2v) is 6.84. The van der Waals surface area contributed by atoms with E-state index in [1.807, 2.05) is 42.5 Å². The van der Waals surface area contributed by atoms with Crippen molar-refractivity contribution in [3.05, 3.63) is 59.1 Å². The zero-order valence-electron chi connectivity index (χ0n) is 13.2. The van der Waals surface area contributed by atoms with Gasteiger partial charge in [-0.05, 0) is 30.2 Å². The van der Waals surface area contributed by atoms with Gasteiger partial charge in [-0.3, -0.25) is 4.79 Å². The van der Waals surface area contributed by atoms with Crippen LogP contribution in [0.3, 0.4) is 0 Å². The molecule has 0 spiro atoms. The molecule has 1 fully saturated rings. The van der Waals surface area contributed by atoms with Crippen LogP contribution in [0.1, 0.15) is 5.56 Å². The van der Waals surface area contributed by atoms with Crippen molar-refractivity contribution in [1.82, 2.24) is 0 Å². The Morgan fingerprint density at radius 2 is 1.75 bits per heavy atom. The molecule has 2 aliphatic rings. The maximum Gasteiger partial charge on any atom is 0.309 e. The Kier molecular flexibility index (Phi) is 3.85. The minimum atomic E-state index is -0.722. The molecule has 0 aliphatic carbocycles. The number of halogens is 1. The Hall–Kier alpha value is -2.20. The van der Waals surface area contributed by atoms with Gasteiger partial charge in [-0.15, -0.1) is 0 Å². The highest BCUT2D eigenvalue weighted by atomic mass is 35.5. The van der Waals surface area contributed by atoms with Crippen LogP contribution >= 0.6 is 11.6 Å². The molecule has 24 heavy (non-hydrogen) atoms. The van der Waals surface area contributed by atoms with Crippen LogP contribution in [-0.2, 0) is 11.2 Å². The second kappa shape index (κ2) is 6.02. The predicted molar refractivity (Wildman–Crippen MR) is 96.1 cm³/mol. The standard InChI is InChI=1S/C19H19ClN2O2/c20-15-6-2-4-8-17(15)21-9-10-22-16-7-3-1-5-13(16)11-14(19(23)24)18(22)12-21/h1-8,14,18H,9-12H2,(H,23,24). The molecule has 5 heteroatoms. The van der Waals surface area contributed by atoms with Crippen LogP contribution in [0, 0.1) is 5.92 Å². The van der Waals surface area contributed by atoms with Crippen molar-refractivity contribution >= 4 is 28.9 Å². The van der Waals surface area contributed by atoms with E-state index in [4.69, 9.17) is 11.6 Å². The van der Waals surface area contributed by atoms with Crippen LogP contribution < -0.4 is 9.80 Å². The highest BCUT2D eigenvalue weighted by Crippen LogP contribution is 2.37. The van der Waals surface area contributed by atoms with E-state index in [0.717, 1.165) is 24.3 Å². The molecular formula is C19H19ClN2O2. The van der Waals surface area contributed by atoms with E-state index in [9.17, 15) is 9.90 Å². The minimum absolute atomic E-state index is 0.0394. The van der Waals surface area contributed by atoms with Gasteiger partial charge in [-0.1, -0.05) is 41.9 Å². The maximum absolute atomic E-state index is 11.9. The van der Waals surface area contributed by atoms with Gasteiger partial charge >= 0.3 is 5.97 Å². The van der Waals surface area contributed by atoms with Crippen molar-refractivity contribution in [3.8, 4) is 0 Å². The van der Waals surface area contributed by atoms with Crippen molar-refractivity contribution in [1.29, 1.82) is 0 Å². The van der Waals surface area contributed by atoms with Gasteiger partial charge in [0.25, 0.3) is 0 Å². The van der Waals surface area contributed by atoms with Crippen molar-refractivity contribution in [2.24, 2.45) is 5.92 Å². The number of anilines is 2. The fourth-order valence-corrected chi connectivity index (χ4v) is 4.22. The lowest BCUT2D eigenvalue weighted by atomic mass is 9.84. The summed E-state index contributed by atoms with van der Waals surface area (Å²) in [7, 11) is 0. The summed E-state index contributed by atoms with van der Waals surface area (Å²) in [6, 6.07) is 15.9. The zero-order chi connectivity index (χ0) is 16.7. The van der Waals surface area contributed by atoms with Crippen LogP contribution in [0.25, 0.3) is 0 Å². The molecule has 0 radical (unpaired) electrons. The zero-order valence-corrected chi connectivity index (χ0v) is 14.0. The van der Waals surface area contributed by atoms with Gasteiger partial charge in [0.15, 0.2) is 0 Å². The number of hydrogen-bond acceptors (Lipinski definition) is 3. The Bertz CT molecular complexity index is 779. The van der Waals surface area contributed by atoms with E-state index in [2.05, 4.69) is 15.9 Å². The summed E-state index contributed by atoms with van der Waals surface area (Å²) < 4.78 is 0. The molecule has 2 aromatic rings. The first-order chi connectivity index (χ1) is 11.6. The number of carboxylic acid groups (broad SMARTS) is 1. The molecular weight excluding hydrogens is 324 g/mol. The Morgan fingerprint density at radius 3 is 2.50 bits per heavy atom. The first kappa shape index (κ1) is 15.3. The second-order valence-electron chi connectivity index (χ2n) is 6.44.